The van der Waals surface area contributed by atoms with E-state index in [-0.39, 0.29) is 16.8 Å². The van der Waals surface area contributed by atoms with Crippen LogP contribution in [0.5, 0.6) is 0 Å². The predicted molar refractivity (Wildman–Crippen MR) is 96.2 cm³/mol. The Morgan fingerprint density at radius 1 is 1.24 bits per heavy atom. The number of nitrogens with one attached hydrogen (secondary N) is 1. The van der Waals surface area contributed by atoms with Gasteiger partial charge in [-0.3, -0.25) is 4.79 Å². The minimum absolute atomic E-state index is 0.147. The number of methoxy groups -OCH3 is 1. The third-order valence-corrected chi connectivity index (χ3v) is 6.26. The van der Waals surface area contributed by atoms with Gasteiger partial charge in [0, 0.05) is 16.9 Å². The van der Waals surface area contributed by atoms with Crippen LogP contribution < -0.4 is 4.83 Å². The zero-order valence-corrected chi connectivity index (χ0v) is 15.5. The van der Waals surface area contributed by atoms with Gasteiger partial charge in [0.25, 0.3) is 10.0 Å². The molecule has 0 fully saturated rings. The second-order valence-electron chi connectivity index (χ2n) is 5.85. The van der Waals surface area contributed by atoms with Crippen LogP contribution >= 0.6 is 11.3 Å². The molecule has 0 saturated heterocycles. The molecule has 8 heteroatoms. The van der Waals surface area contributed by atoms with Crippen molar-refractivity contribution in [3.63, 3.8) is 0 Å². The highest BCUT2D eigenvalue weighted by Crippen LogP contribution is 2.30. The van der Waals surface area contributed by atoms with Crippen molar-refractivity contribution < 1.29 is 17.9 Å². The molecule has 0 aliphatic heterocycles. The molecule has 1 aliphatic carbocycles. The summed E-state index contributed by atoms with van der Waals surface area (Å²) in [7, 11) is -2.41. The van der Waals surface area contributed by atoms with Crippen molar-refractivity contribution in [2.45, 2.75) is 24.7 Å². The lowest BCUT2D eigenvalue weighted by Gasteiger charge is -2.21. The molecule has 0 saturated carbocycles. The Labute approximate surface area is 150 Å². The van der Waals surface area contributed by atoms with Gasteiger partial charge in [-0.25, -0.2) is 0 Å². The molecule has 6 nitrogen and oxygen atoms in total. The summed E-state index contributed by atoms with van der Waals surface area (Å²) < 4.78 is 29.6. The van der Waals surface area contributed by atoms with Crippen LogP contribution in [0.15, 0.2) is 45.7 Å². The molecule has 3 rings (SSSR count). The number of aryl methyl sites for hydroxylation is 1. The van der Waals surface area contributed by atoms with E-state index < -0.39 is 10.0 Å². The maximum atomic E-state index is 12.4. The Morgan fingerprint density at radius 2 is 1.96 bits per heavy atom. The van der Waals surface area contributed by atoms with Gasteiger partial charge in [-0.2, -0.15) is 18.4 Å². The summed E-state index contributed by atoms with van der Waals surface area (Å²) in [4.78, 5) is 15.3. The quantitative estimate of drug-likeness (QED) is 0.654. The number of carbonyl (C=O) groups is 1. The summed E-state index contributed by atoms with van der Waals surface area (Å²) in [5.41, 5.74) is 2.41. The number of ether oxygens (including phenoxy) is 1. The average molecular weight is 378 g/mol. The fourth-order valence-electron chi connectivity index (χ4n) is 2.72. The van der Waals surface area contributed by atoms with Gasteiger partial charge in [0.15, 0.2) is 0 Å². The maximum Gasteiger partial charge on any atom is 0.309 e. The minimum Gasteiger partial charge on any atom is -0.469 e. The molecule has 25 heavy (non-hydrogen) atoms. The molecular weight excluding hydrogens is 360 g/mol. The molecule has 2 aromatic rings. The van der Waals surface area contributed by atoms with Crippen LogP contribution in [0.1, 0.15) is 22.4 Å². The van der Waals surface area contributed by atoms with Gasteiger partial charge >= 0.3 is 5.97 Å². The van der Waals surface area contributed by atoms with Crippen LogP contribution in [0.25, 0.3) is 0 Å². The third kappa shape index (κ3) is 3.74. The second kappa shape index (κ2) is 6.97. The second-order valence-corrected chi connectivity index (χ2v) is 8.51. The van der Waals surface area contributed by atoms with E-state index in [1.807, 2.05) is 18.4 Å². The summed E-state index contributed by atoms with van der Waals surface area (Å²) >= 11 is 1.53. The zero-order valence-electron chi connectivity index (χ0n) is 13.9. The van der Waals surface area contributed by atoms with Crippen molar-refractivity contribution in [1.29, 1.82) is 0 Å². The van der Waals surface area contributed by atoms with Crippen LogP contribution in [0.2, 0.25) is 0 Å². The summed E-state index contributed by atoms with van der Waals surface area (Å²) in [5, 5.41) is 6.02. The summed E-state index contributed by atoms with van der Waals surface area (Å²) in [6.45, 7) is 1.89. The van der Waals surface area contributed by atoms with Gasteiger partial charge in [-0.1, -0.05) is 17.7 Å². The molecule has 1 aliphatic rings. The molecule has 1 atom stereocenters. The van der Waals surface area contributed by atoms with E-state index >= 15 is 0 Å². The number of hydrogen-bond donors (Lipinski definition) is 1. The Hall–Kier alpha value is -2.19. The number of carbonyl (C=O) groups excluding carboxylic acids is 1. The van der Waals surface area contributed by atoms with E-state index in [1.165, 1.54) is 30.6 Å². The van der Waals surface area contributed by atoms with Gasteiger partial charge in [-0.15, -0.1) is 11.3 Å². The predicted octanol–water partition coefficient (Wildman–Crippen LogP) is 2.47. The first-order valence-electron chi connectivity index (χ1n) is 7.70. The number of sulfonamides is 1. The summed E-state index contributed by atoms with van der Waals surface area (Å²) in [6, 6.07) is 8.42. The number of hydrazone groups is 1. The molecule has 1 heterocycles. The molecule has 0 radical (unpaired) electrons. The Kier molecular flexibility index (Phi) is 4.91. The fraction of sp³-hybridized carbons (Fsp3) is 0.294. The molecule has 0 spiro atoms. The molecule has 1 unspecified atom stereocenters. The first-order chi connectivity index (χ1) is 11.9. The lowest BCUT2D eigenvalue weighted by atomic mass is 9.87. The van der Waals surface area contributed by atoms with Crippen molar-refractivity contribution in [2.24, 2.45) is 11.0 Å². The van der Waals surface area contributed by atoms with E-state index in [0.29, 0.717) is 18.6 Å². The van der Waals surface area contributed by atoms with Crippen molar-refractivity contribution in [2.75, 3.05) is 7.11 Å². The van der Waals surface area contributed by atoms with Gasteiger partial charge < -0.3 is 4.74 Å². The first kappa shape index (κ1) is 17.6. The number of thiophene rings is 1. The van der Waals surface area contributed by atoms with E-state index in [0.717, 1.165) is 16.0 Å². The van der Waals surface area contributed by atoms with Crippen LogP contribution in [-0.2, 0) is 26.0 Å². The van der Waals surface area contributed by atoms with Crippen molar-refractivity contribution in [3.05, 3.63) is 51.7 Å². The molecule has 1 aromatic carbocycles. The molecule has 0 bridgehead atoms. The van der Waals surface area contributed by atoms with E-state index in [9.17, 15) is 13.2 Å². The monoisotopic (exact) mass is 378 g/mol. The fourth-order valence-corrected chi connectivity index (χ4v) is 4.53. The number of hydrogen-bond acceptors (Lipinski definition) is 6. The highest BCUT2D eigenvalue weighted by Gasteiger charge is 2.30. The van der Waals surface area contributed by atoms with Crippen molar-refractivity contribution in [1.82, 2.24) is 4.83 Å². The third-order valence-electron chi connectivity index (χ3n) is 4.09. The average Bonchev–Trinajstić information content (AvgIpc) is 3.08. The van der Waals surface area contributed by atoms with Crippen molar-refractivity contribution >= 4 is 33.0 Å². The number of nitrogens with zero attached hydrogens (tertiary/aromatic N) is 1. The van der Waals surface area contributed by atoms with Crippen molar-refractivity contribution in [3.8, 4) is 0 Å². The largest absolute Gasteiger partial charge is 0.469 e. The minimum atomic E-state index is -3.76. The molecule has 1 N–H and O–H groups in total. The standard InChI is InChI=1S/C17H18N2O4S2/c1-11-3-5-13(6-4-11)25(21,22)19-18-15-9-12(17(20)23-2)10-16-14(15)7-8-24-16/h3-8,12,19H,9-10H2,1-2H3. The zero-order chi connectivity index (χ0) is 18.0. The van der Waals surface area contributed by atoms with E-state index in [2.05, 4.69) is 9.93 Å². The lowest BCUT2D eigenvalue weighted by Crippen LogP contribution is -2.29. The highest BCUT2D eigenvalue weighted by molar-refractivity contribution is 7.89. The summed E-state index contributed by atoms with van der Waals surface area (Å²) in [6.07, 6.45) is 0.927. The van der Waals surface area contributed by atoms with Crippen LogP contribution in [-0.4, -0.2) is 27.2 Å². The molecule has 132 valence electrons. The number of fused-ring (bicyclic) bond motifs is 1. The smallest absolute Gasteiger partial charge is 0.309 e. The van der Waals surface area contributed by atoms with Crippen LogP contribution in [0.3, 0.4) is 0 Å². The maximum absolute atomic E-state index is 12.4. The van der Waals surface area contributed by atoms with E-state index in [4.69, 9.17) is 4.74 Å². The number of benzene rings is 1. The van der Waals surface area contributed by atoms with Crippen LogP contribution in [0.4, 0.5) is 0 Å². The summed E-state index contributed by atoms with van der Waals surface area (Å²) in [5.74, 6) is -0.660. The highest BCUT2D eigenvalue weighted by atomic mass is 32.2. The van der Waals surface area contributed by atoms with Crippen LogP contribution in [0, 0.1) is 12.8 Å². The number of esters is 1. The van der Waals surface area contributed by atoms with E-state index in [1.54, 1.807) is 12.1 Å². The Bertz CT molecular complexity index is 914. The van der Waals surface area contributed by atoms with Gasteiger partial charge in [-0.05, 0) is 36.9 Å². The molecule has 1 aromatic heterocycles. The SMILES string of the molecule is COC(=O)C1CC(=NNS(=O)(=O)c2ccc(C)cc2)c2ccsc2C1. The topological polar surface area (TPSA) is 84.8 Å². The molecular formula is C17H18N2O4S2. The lowest BCUT2D eigenvalue weighted by molar-refractivity contribution is -0.145. The first-order valence-corrected chi connectivity index (χ1v) is 10.1. The van der Waals surface area contributed by atoms with Gasteiger partial charge in [0.1, 0.15) is 0 Å². The van der Waals surface area contributed by atoms with Gasteiger partial charge in [0.2, 0.25) is 0 Å². The Morgan fingerprint density at radius 3 is 2.64 bits per heavy atom. The normalized spacial score (nSPS) is 18.6. The Balaban J connectivity index is 1.87. The van der Waals surface area contributed by atoms with Gasteiger partial charge in [0.05, 0.1) is 23.6 Å². The number of rotatable bonds is 4. The molecule has 0 amide bonds.